The maximum absolute atomic E-state index is 11.4. The van der Waals surface area contributed by atoms with Gasteiger partial charge in [-0.2, -0.15) is 0 Å². The van der Waals surface area contributed by atoms with Gasteiger partial charge in [0.15, 0.2) is 0 Å². The summed E-state index contributed by atoms with van der Waals surface area (Å²) in [6.07, 6.45) is 2.92. The number of nitrogens with one attached hydrogen (secondary N) is 2. The molecule has 0 heterocycles. The van der Waals surface area contributed by atoms with Crippen molar-refractivity contribution in [2.24, 2.45) is 0 Å². The lowest BCUT2D eigenvalue weighted by atomic mass is 9.96. The molecule has 3 amide bonds. The van der Waals surface area contributed by atoms with Gasteiger partial charge >= 0.3 is 12.0 Å². The summed E-state index contributed by atoms with van der Waals surface area (Å²) in [5.41, 5.74) is -0.374. The Bertz CT molecular complexity index is 332. The van der Waals surface area contributed by atoms with E-state index in [1.807, 2.05) is 26.1 Å². The van der Waals surface area contributed by atoms with E-state index in [4.69, 9.17) is 5.11 Å². The van der Waals surface area contributed by atoms with Gasteiger partial charge in [-0.25, -0.2) is 9.59 Å². The van der Waals surface area contributed by atoms with Crippen molar-refractivity contribution >= 4 is 17.9 Å². The summed E-state index contributed by atoms with van der Waals surface area (Å²) in [7, 11) is 0. The molecular formula is C11H18N2O4. The second-order valence-electron chi connectivity index (χ2n) is 3.88. The predicted octanol–water partition coefficient (Wildman–Crippen LogP) is 1.03. The summed E-state index contributed by atoms with van der Waals surface area (Å²) in [4.78, 5) is 32.6. The second-order valence-corrected chi connectivity index (χ2v) is 3.88. The second kappa shape index (κ2) is 6.67. The Hall–Kier alpha value is -1.85. The van der Waals surface area contributed by atoms with Crippen LogP contribution in [-0.4, -0.2) is 28.6 Å². The number of carboxylic acids is 1. The largest absolute Gasteiger partial charge is 0.478 e. The molecule has 0 radical (unpaired) electrons. The number of urea groups is 1. The van der Waals surface area contributed by atoms with Crippen LogP contribution in [0.15, 0.2) is 12.2 Å². The Morgan fingerprint density at radius 1 is 1.18 bits per heavy atom. The van der Waals surface area contributed by atoms with Crippen LogP contribution in [0, 0.1) is 0 Å². The maximum atomic E-state index is 11.4. The molecule has 0 aliphatic carbocycles. The Balaban J connectivity index is 4.28. The Labute approximate surface area is 100 Å². The molecule has 0 unspecified atom stereocenters. The Morgan fingerprint density at radius 3 is 2.12 bits per heavy atom. The zero-order valence-corrected chi connectivity index (χ0v) is 10.2. The van der Waals surface area contributed by atoms with E-state index in [9.17, 15) is 14.4 Å². The quantitative estimate of drug-likeness (QED) is 0.627. The van der Waals surface area contributed by atoms with Crippen molar-refractivity contribution in [1.82, 2.24) is 10.6 Å². The van der Waals surface area contributed by atoms with Crippen LogP contribution < -0.4 is 10.6 Å². The zero-order valence-electron chi connectivity index (χ0n) is 10.2. The van der Waals surface area contributed by atoms with Crippen LogP contribution in [0.2, 0.25) is 0 Å². The van der Waals surface area contributed by atoms with Gasteiger partial charge in [0.25, 0.3) is 5.91 Å². The van der Waals surface area contributed by atoms with Crippen LogP contribution in [0.3, 0.4) is 0 Å². The number of carbonyl (C=O) groups is 3. The van der Waals surface area contributed by atoms with Gasteiger partial charge in [0.05, 0.1) is 0 Å². The third-order valence-electron chi connectivity index (χ3n) is 2.59. The fourth-order valence-corrected chi connectivity index (χ4v) is 1.03. The van der Waals surface area contributed by atoms with E-state index >= 15 is 0 Å². The van der Waals surface area contributed by atoms with Crippen molar-refractivity contribution in [1.29, 1.82) is 0 Å². The molecule has 0 rings (SSSR count). The number of aliphatic carboxylic acids is 1. The highest BCUT2D eigenvalue weighted by Crippen LogP contribution is 2.12. The first-order valence-corrected chi connectivity index (χ1v) is 5.37. The average Bonchev–Trinajstić information content (AvgIpc) is 2.26. The molecule has 0 atom stereocenters. The lowest BCUT2D eigenvalue weighted by molar-refractivity contribution is -0.131. The molecule has 0 aromatic carbocycles. The molecule has 0 aromatic rings. The summed E-state index contributed by atoms with van der Waals surface area (Å²) in [6, 6.07) is -0.628. The molecule has 0 spiro atoms. The maximum Gasteiger partial charge on any atom is 0.328 e. The van der Waals surface area contributed by atoms with Crippen LogP contribution in [0.4, 0.5) is 4.79 Å². The first-order valence-electron chi connectivity index (χ1n) is 5.37. The number of hydrogen-bond donors (Lipinski definition) is 3. The molecule has 3 N–H and O–H groups in total. The topological polar surface area (TPSA) is 95.5 Å². The summed E-state index contributed by atoms with van der Waals surface area (Å²) in [5.74, 6) is -2.01. The van der Waals surface area contributed by atoms with E-state index in [2.05, 4.69) is 5.32 Å². The van der Waals surface area contributed by atoms with Crippen LogP contribution in [-0.2, 0) is 9.59 Å². The molecule has 6 nitrogen and oxygen atoms in total. The lowest BCUT2D eigenvalue weighted by Crippen LogP contribution is -2.50. The van der Waals surface area contributed by atoms with Crippen molar-refractivity contribution in [3.8, 4) is 0 Å². The number of carbonyl (C=O) groups excluding carboxylic acids is 2. The van der Waals surface area contributed by atoms with E-state index in [0.717, 1.165) is 18.9 Å². The number of carboxylic acid groups (broad SMARTS) is 1. The fourth-order valence-electron chi connectivity index (χ4n) is 1.03. The van der Waals surface area contributed by atoms with Crippen LogP contribution in [0.25, 0.3) is 0 Å². The highest BCUT2D eigenvalue weighted by atomic mass is 16.4. The van der Waals surface area contributed by atoms with Gasteiger partial charge in [-0.05, 0) is 19.8 Å². The van der Waals surface area contributed by atoms with Crippen molar-refractivity contribution in [3.63, 3.8) is 0 Å². The molecule has 0 aliphatic heterocycles. The highest BCUT2D eigenvalue weighted by molar-refractivity contribution is 6.02. The zero-order chi connectivity index (χ0) is 13.5. The average molecular weight is 242 g/mol. The number of imide groups is 1. The van der Waals surface area contributed by atoms with Crippen molar-refractivity contribution < 1.29 is 19.5 Å². The van der Waals surface area contributed by atoms with Gasteiger partial charge < -0.3 is 10.4 Å². The van der Waals surface area contributed by atoms with Gasteiger partial charge in [-0.1, -0.05) is 13.8 Å². The number of amides is 3. The number of hydrogen-bond acceptors (Lipinski definition) is 3. The Morgan fingerprint density at radius 2 is 1.71 bits per heavy atom. The summed E-state index contributed by atoms with van der Waals surface area (Å²) in [6.45, 7) is 5.72. The summed E-state index contributed by atoms with van der Waals surface area (Å²) < 4.78 is 0. The van der Waals surface area contributed by atoms with Crippen molar-refractivity contribution in [2.75, 3.05) is 0 Å². The molecule has 0 bridgehead atoms. The molecular weight excluding hydrogens is 224 g/mol. The van der Waals surface area contributed by atoms with E-state index in [1.165, 1.54) is 0 Å². The van der Waals surface area contributed by atoms with Crippen LogP contribution in [0.1, 0.15) is 33.6 Å². The van der Waals surface area contributed by atoms with Crippen molar-refractivity contribution in [3.05, 3.63) is 12.2 Å². The third kappa shape index (κ3) is 6.34. The van der Waals surface area contributed by atoms with Gasteiger partial charge in [-0.15, -0.1) is 0 Å². The summed E-state index contributed by atoms with van der Waals surface area (Å²) in [5, 5.41) is 13.0. The SMILES string of the molecule is CCC(C)(CC)NC(=O)NC(=O)/C=C/C(=O)O. The first kappa shape index (κ1) is 15.2. The van der Waals surface area contributed by atoms with E-state index < -0.39 is 17.9 Å². The van der Waals surface area contributed by atoms with E-state index in [0.29, 0.717) is 6.08 Å². The lowest BCUT2D eigenvalue weighted by Gasteiger charge is -2.27. The van der Waals surface area contributed by atoms with E-state index in [1.54, 1.807) is 0 Å². The molecule has 0 fully saturated rings. The smallest absolute Gasteiger partial charge is 0.328 e. The molecule has 17 heavy (non-hydrogen) atoms. The minimum atomic E-state index is -1.24. The summed E-state index contributed by atoms with van der Waals surface area (Å²) >= 11 is 0. The van der Waals surface area contributed by atoms with Crippen LogP contribution >= 0.6 is 0 Å². The standard InChI is InChI=1S/C11H18N2O4/c1-4-11(3,5-2)13-10(17)12-8(14)6-7-9(15)16/h6-7H,4-5H2,1-3H3,(H,15,16)(H2,12,13,14,17)/b7-6+. The van der Waals surface area contributed by atoms with Gasteiger partial charge in [0, 0.05) is 17.7 Å². The molecule has 6 heteroatoms. The monoisotopic (exact) mass is 242 g/mol. The van der Waals surface area contributed by atoms with Gasteiger partial charge in [0.1, 0.15) is 0 Å². The van der Waals surface area contributed by atoms with Gasteiger partial charge in [-0.3, -0.25) is 10.1 Å². The minimum Gasteiger partial charge on any atom is -0.478 e. The predicted molar refractivity (Wildman–Crippen MR) is 62.4 cm³/mol. The van der Waals surface area contributed by atoms with Gasteiger partial charge in [0.2, 0.25) is 0 Å². The minimum absolute atomic E-state index is 0.374. The molecule has 0 saturated carbocycles. The molecule has 0 aromatic heterocycles. The van der Waals surface area contributed by atoms with Crippen LogP contribution in [0.5, 0.6) is 0 Å². The molecule has 96 valence electrons. The van der Waals surface area contributed by atoms with E-state index in [-0.39, 0.29) is 5.54 Å². The molecule has 0 aliphatic rings. The first-order chi connectivity index (χ1) is 7.83. The number of rotatable bonds is 5. The highest BCUT2D eigenvalue weighted by Gasteiger charge is 2.22. The van der Waals surface area contributed by atoms with Crippen molar-refractivity contribution in [2.45, 2.75) is 39.2 Å². The molecule has 0 saturated heterocycles. The third-order valence-corrected chi connectivity index (χ3v) is 2.59. The fraction of sp³-hybridized carbons (Fsp3) is 0.545. The normalized spacial score (nSPS) is 11.2. The Kier molecular flexibility index (Phi) is 5.95.